The maximum Gasteiger partial charge on any atom is 0.306 e. The van der Waals surface area contributed by atoms with Crippen LogP contribution < -0.4 is 5.32 Å². The Kier molecular flexibility index (Phi) is 4.70. The molecular weight excluding hydrogens is 260 g/mol. The lowest BCUT2D eigenvalue weighted by Crippen LogP contribution is -2.39. The number of hydrogen-bond acceptors (Lipinski definition) is 4. The van der Waals surface area contributed by atoms with Crippen molar-refractivity contribution in [2.24, 2.45) is 11.8 Å². The van der Waals surface area contributed by atoms with E-state index in [0.29, 0.717) is 13.0 Å². The van der Waals surface area contributed by atoms with Crippen molar-refractivity contribution < 1.29 is 14.7 Å². The summed E-state index contributed by atoms with van der Waals surface area (Å²) in [6, 6.07) is -0.440. The number of carbonyl (C=O) groups is 2. The second-order valence-electron chi connectivity index (χ2n) is 5.29. The largest absolute Gasteiger partial charge is 0.481 e. The smallest absolute Gasteiger partial charge is 0.306 e. The number of rotatable bonds is 5. The van der Waals surface area contributed by atoms with Gasteiger partial charge in [0.25, 0.3) is 0 Å². The minimum Gasteiger partial charge on any atom is -0.481 e. The second-order valence-corrected chi connectivity index (χ2v) is 5.29. The molecule has 1 aliphatic rings. The van der Waals surface area contributed by atoms with E-state index in [9.17, 15) is 14.7 Å². The molecule has 20 heavy (non-hydrogen) atoms. The van der Waals surface area contributed by atoms with E-state index in [4.69, 9.17) is 0 Å². The molecule has 2 N–H and O–H groups in total. The first-order chi connectivity index (χ1) is 9.59. The molecule has 7 heteroatoms. The molecule has 1 aliphatic carbocycles. The summed E-state index contributed by atoms with van der Waals surface area (Å²) in [7, 11) is 0. The molecule has 1 fully saturated rings. The van der Waals surface area contributed by atoms with E-state index in [0.717, 1.165) is 19.3 Å². The van der Waals surface area contributed by atoms with Gasteiger partial charge in [0.05, 0.1) is 5.92 Å². The molecule has 1 amide bonds. The van der Waals surface area contributed by atoms with E-state index in [2.05, 4.69) is 15.4 Å². The van der Waals surface area contributed by atoms with Crippen LogP contribution in [-0.4, -0.2) is 38.3 Å². The second kappa shape index (κ2) is 6.49. The summed E-state index contributed by atoms with van der Waals surface area (Å²) in [6.45, 7) is 2.15. The quantitative estimate of drug-likeness (QED) is 0.833. The zero-order valence-electron chi connectivity index (χ0n) is 11.5. The number of nitrogens with zero attached hydrogens (tertiary/aromatic N) is 3. The fourth-order valence-corrected chi connectivity index (χ4v) is 2.69. The normalized spacial score (nSPS) is 24.1. The van der Waals surface area contributed by atoms with Crippen LogP contribution in [0.5, 0.6) is 0 Å². The number of aliphatic carboxylic acids is 1. The van der Waals surface area contributed by atoms with Crippen molar-refractivity contribution in [3.8, 4) is 0 Å². The van der Waals surface area contributed by atoms with E-state index in [1.807, 2.05) is 0 Å². The van der Waals surface area contributed by atoms with E-state index in [1.54, 1.807) is 6.92 Å². The molecule has 3 unspecified atom stereocenters. The van der Waals surface area contributed by atoms with Gasteiger partial charge in [0, 0.05) is 6.54 Å². The van der Waals surface area contributed by atoms with Gasteiger partial charge in [-0.1, -0.05) is 12.8 Å². The van der Waals surface area contributed by atoms with Crippen LogP contribution in [0.15, 0.2) is 12.7 Å². The van der Waals surface area contributed by atoms with Gasteiger partial charge in [-0.2, -0.15) is 5.10 Å². The highest BCUT2D eigenvalue weighted by molar-refractivity contribution is 5.79. The Morgan fingerprint density at radius 3 is 2.85 bits per heavy atom. The maximum absolute atomic E-state index is 12.0. The number of amides is 1. The number of hydrogen-bond donors (Lipinski definition) is 2. The average Bonchev–Trinajstić information content (AvgIpc) is 2.98. The molecular formula is C13H20N4O3. The number of carboxylic acids is 1. The van der Waals surface area contributed by atoms with Gasteiger partial charge in [-0.3, -0.25) is 9.59 Å². The van der Waals surface area contributed by atoms with Crippen molar-refractivity contribution >= 4 is 11.9 Å². The van der Waals surface area contributed by atoms with Crippen LogP contribution in [0.4, 0.5) is 0 Å². The van der Waals surface area contributed by atoms with Gasteiger partial charge in [0.15, 0.2) is 0 Å². The lowest BCUT2D eigenvalue weighted by molar-refractivity contribution is -0.145. The van der Waals surface area contributed by atoms with Crippen LogP contribution in [0.2, 0.25) is 0 Å². The highest BCUT2D eigenvalue weighted by atomic mass is 16.4. The molecule has 2 rings (SSSR count). The predicted octanol–water partition coefficient (Wildman–Crippen LogP) is 0.846. The molecule has 0 radical (unpaired) electrons. The molecule has 1 heterocycles. The van der Waals surface area contributed by atoms with Crippen molar-refractivity contribution in [1.82, 2.24) is 20.1 Å². The van der Waals surface area contributed by atoms with Gasteiger partial charge in [-0.15, -0.1) is 0 Å². The van der Waals surface area contributed by atoms with Crippen LogP contribution in [0.1, 0.15) is 38.6 Å². The average molecular weight is 280 g/mol. The first-order valence-electron chi connectivity index (χ1n) is 6.94. The number of carbonyl (C=O) groups excluding carboxylic acids is 1. The van der Waals surface area contributed by atoms with E-state index < -0.39 is 12.0 Å². The Bertz CT molecular complexity index is 460. The third-order valence-electron chi connectivity index (χ3n) is 3.98. The predicted molar refractivity (Wildman–Crippen MR) is 70.8 cm³/mol. The Hall–Kier alpha value is -1.92. The first kappa shape index (κ1) is 14.5. The van der Waals surface area contributed by atoms with Gasteiger partial charge in [-0.05, 0) is 25.7 Å². The molecule has 7 nitrogen and oxygen atoms in total. The highest BCUT2D eigenvalue weighted by Crippen LogP contribution is 2.29. The summed E-state index contributed by atoms with van der Waals surface area (Å²) >= 11 is 0. The summed E-state index contributed by atoms with van der Waals surface area (Å²) in [6.07, 6.45) is 6.42. The Morgan fingerprint density at radius 1 is 1.45 bits per heavy atom. The Morgan fingerprint density at radius 2 is 2.20 bits per heavy atom. The van der Waals surface area contributed by atoms with Crippen molar-refractivity contribution in [2.75, 3.05) is 6.54 Å². The van der Waals surface area contributed by atoms with Gasteiger partial charge in [-0.25, -0.2) is 9.67 Å². The zero-order chi connectivity index (χ0) is 14.5. The van der Waals surface area contributed by atoms with Crippen molar-refractivity contribution in [1.29, 1.82) is 0 Å². The fourth-order valence-electron chi connectivity index (χ4n) is 2.69. The van der Waals surface area contributed by atoms with Crippen LogP contribution in [0.3, 0.4) is 0 Å². The summed E-state index contributed by atoms with van der Waals surface area (Å²) < 4.78 is 1.48. The lowest BCUT2D eigenvalue weighted by atomic mass is 9.79. The van der Waals surface area contributed by atoms with Crippen LogP contribution in [-0.2, 0) is 9.59 Å². The van der Waals surface area contributed by atoms with Gasteiger partial charge >= 0.3 is 5.97 Å². The number of aromatic nitrogens is 3. The topological polar surface area (TPSA) is 97.1 Å². The van der Waals surface area contributed by atoms with Gasteiger partial charge in [0.2, 0.25) is 5.91 Å². The zero-order valence-corrected chi connectivity index (χ0v) is 11.5. The molecule has 1 aromatic rings. The minimum absolute atomic E-state index is 0.0214. The molecule has 1 aromatic heterocycles. The number of carboxylic acid groups (broad SMARTS) is 1. The lowest BCUT2D eigenvalue weighted by Gasteiger charge is -2.28. The molecule has 0 spiro atoms. The molecule has 0 saturated heterocycles. The highest BCUT2D eigenvalue weighted by Gasteiger charge is 2.31. The SMILES string of the molecule is CC(C(=O)NCC1CCCCC1C(=O)O)n1cncn1. The third kappa shape index (κ3) is 3.34. The summed E-state index contributed by atoms with van der Waals surface area (Å²) in [4.78, 5) is 27.0. The standard InChI is InChI=1S/C13H20N4O3/c1-9(17-8-14-7-16-17)12(18)15-6-10-4-2-3-5-11(10)13(19)20/h7-11H,2-6H2,1H3,(H,15,18)(H,19,20). The molecule has 110 valence electrons. The fraction of sp³-hybridized carbons (Fsp3) is 0.692. The molecule has 0 aromatic carbocycles. The first-order valence-corrected chi connectivity index (χ1v) is 6.94. The minimum atomic E-state index is -0.756. The van der Waals surface area contributed by atoms with Crippen LogP contribution in [0, 0.1) is 11.8 Å². The van der Waals surface area contributed by atoms with E-state index in [1.165, 1.54) is 17.3 Å². The van der Waals surface area contributed by atoms with Crippen molar-refractivity contribution in [3.63, 3.8) is 0 Å². The number of nitrogens with one attached hydrogen (secondary N) is 1. The molecule has 0 aliphatic heterocycles. The van der Waals surface area contributed by atoms with Crippen molar-refractivity contribution in [2.45, 2.75) is 38.6 Å². The van der Waals surface area contributed by atoms with E-state index in [-0.39, 0.29) is 17.7 Å². The third-order valence-corrected chi connectivity index (χ3v) is 3.98. The Balaban J connectivity index is 1.87. The molecule has 0 bridgehead atoms. The van der Waals surface area contributed by atoms with Crippen molar-refractivity contribution in [3.05, 3.63) is 12.7 Å². The van der Waals surface area contributed by atoms with Gasteiger partial charge < -0.3 is 10.4 Å². The molecule has 3 atom stereocenters. The van der Waals surface area contributed by atoms with E-state index >= 15 is 0 Å². The Labute approximate surface area is 117 Å². The van der Waals surface area contributed by atoms with Crippen LogP contribution >= 0.6 is 0 Å². The summed E-state index contributed by atoms with van der Waals surface area (Å²) in [5, 5.41) is 16.0. The maximum atomic E-state index is 12.0. The van der Waals surface area contributed by atoms with Crippen LogP contribution in [0.25, 0.3) is 0 Å². The molecule has 1 saturated carbocycles. The summed E-state index contributed by atoms with van der Waals surface area (Å²) in [5.41, 5.74) is 0. The monoisotopic (exact) mass is 280 g/mol. The van der Waals surface area contributed by atoms with Gasteiger partial charge in [0.1, 0.15) is 18.7 Å². The summed E-state index contributed by atoms with van der Waals surface area (Å²) in [5.74, 6) is -1.24.